The van der Waals surface area contributed by atoms with Crippen molar-refractivity contribution >= 4 is 27.8 Å². The highest BCUT2D eigenvalue weighted by molar-refractivity contribution is 8.00. The number of nitrogens with two attached hydrogens (primary N) is 1. The van der Waals surface area contributed by atoms with E-state index in [0.717, 1.165) is 0 Å². The number of oxime groups is 1. The van der Waals surface area contributed by atoms with Gasteiger partial charge in [0.1, 0.15) is 0 Å². The molecule has 0 aromatic carbocycles. The van der Waals surface area contributed by atoms with Crippen LogP contribution in [0.25, 0.3) is 0 Å². The Labute approximate surface area is 112 Å². The lowest BCUT2D eigenvalue weighted by Gasteiger charge is -2.39. The molecule has 1 aliphatic heterocycles. The van der Waals surface area contributed by atoms with Crippen molar-refractivity contribution in [1.29, 1.82) is 0 Å². The molecule has 0 aromatic rings. The molecular formula is C9H20N4O3S2. The van der Waals surface area contributed by atoms with E-state index in [1.54, 1.807) is 0 Å². The molecule has 0 unspecified atom stereocenters. The summed E-state index contributed by atoms with van der Waals surface area (Å²) in [5.41, 5.74) is 5.71. The summed E-state index contributed by atoms with van der Waals surface area (Å²) in [7, 11) is -0.358. The standard InChI is InChI=1S/C9H20N4O3S2/c1-12(2)18(15,16)13-6-4-9(17-3,5-7-13)8(10)11-14/h14H,4-7H2,1-3H3,(H2,10,11). The van der Waals surface area contributed by atoms with Gasteiger partial charge in [-0.2, -0.15) is 28.8 Å². The van der Waals surface area contributed by atoms with E-state index in [0.29, 0.717) is 25.9 Å². The van der Waals surface area contributed by atoms with Crippen LogP contribution in [0.1, 0.15) is 12.8 Å². The fraction of sp³-hybridized carbons (Fsp3) is 0.889. The van der Waals surface area contributed by atoms with Gasteiger partial charge in [-0.25, -0.2) is 0 Å². The molecule has 0 radical (unpaired) electrons. The average molecular weight is 296 g/mol. The minimum atomic E-state index is -3.38. The third-order valence-electron chi connectivity index (χ3n) is 3.28. The number of hydrogen-bond donors (Lipinski definition) is 2. The monoisotopic (exact) mass is 296 g/mol. The molecule has 7 nitrogen and oxygen atoms in total. The van der Waals surface area contributed by atoms with Crippen LogP contribution in [0.4, 0.5) is 0 Å². The highest BCUT2D eigenvalue weighted by Gasteiger charge is 2.41. The third-order valence-corrected chi connectivity index (χ3v) is 6.62. The molecule has 0 amide bonds. The summed E-state index contributed by atoms with van der Waals surface area (Å²) in [4.78, 5) is 0. The molecule has 0 atom stereocenters. The van der Waals surface area contributed by atoms with Gasteiger partial charge in [-0.15, -0.1) is 0 Å². The second kappa shape index (κ2) is 5.64. The van der Waals surface area contributed by atoms with Crippen LogP contribution in [0.3, 0.4) is 0 Å². The molecule has 1 aliphatic rings. The molecule has 18 heavy (non-hydrogen) atoms. The fourth-order valence-corrected chi connectivity index (χ4v) is 3.91. The Balaban J connectivity index is 2.83. The van der Waals surface area contributed by atoms with E-state index in [4.69, 9.17) is 10.9 Å². The maximum atomic E-state index is 12.0. The third kappa shape index (κ3) is 2.73. The Bertz CT molecular complexity index is 414. The van der Waals surface area contributed by atoms with Gasteiger partial charge < -0.3 is 10.9 Å². The van der Waals surface area contributed by atoms with Gasteiger partial charge in [-0.1, -0.05) is 5.16 Å². The van der Waals surface area contributed by atoms with Crippen molar-refractivity contribution in [1.82, 2.24) is 8.61 Å². The summed E-state index contributed by atoms with van der Waals surface area (Å²) in [6.07, 6.45) is 2.96. The molecule has 1 heterocycles. The summed E-state index contributed by atoms with van der Waals surface area (Å²) >= 11 is 1.50. The van der Waals surface area contributed by atoms with Crippen LogP contribution < -0.4 is 5.73 Å². The lowest BCUT2D eigenvalue weighted by Crippen LogP contribution is -2.53. The SMILES string of the molecule is CSC1(C(N)=NO)CCN(S(=O)(=O)N(C)C)CC1. The van der Waals surface area contributed by atoms with Gasteiger partial charge in [0.2, 0.25) is 0 Å². The zero-order valence-corrected chi connectivity index (χ0v) is 12.5. The van der Waals surface area contributed by atoms with Crippen molar-refractivity contribution in [3.8, 4) is 0 Å². The highest BCUT2D eigenvalue weighted by Crippen LogP contribution is 2.35. The highest BCUT2D eigenvalue weighted by atomic mass is 32.2. The average Bonchev–Trinajstić information content (AvgIpc) is 2.37. The molecule has 1 saturated heterocycles. The van der Waals surface area contributed by atoms with Crippen molar-refractivity contribution in [2.45, 2.75) is 17.6 Å². The van der Waals surface area contributed by atoms with Crippen molar-refractivity contribution in [2.75, 3.05) is 33.4 Å². The minimum Gasteiger partial charge on any atom is -0.409 e. The predicted molar refractivity (Wildman–Crippen MR) is 73.1 cm³/mol. The van der Waals surface area contributed by atoms with Gasteiger partial charge in [0.25, 0.3) is 10.2 Å². The Morgan fingerprint density at radius 2 is 1.94 bits per heavy atom. The van der Waals surface area contributed by atoms with Crippen molar-refractivity contribution in [3.05, 3.63) is 0 Å². The van der Waals surface area contributed by atoms with Crippen molar-refractivity contribution < 1.29 is 13.6 Å². The van der Waals surface area contributed by atoms with Crippen LogP contribution in [-0.2, 0) is 10.2 Å². The van der Waals surface area contributed by atoms with Gasteiger partial charge in [0.05, 0.1) is 4.75 Å². The summed E-state index contributed by atoms with van der Waals surface area (Å²) in [5, 5.41) is 11.9. The van der Waals surface area contributed by atoms with E-state index in [1.165, 1.54) is 34.5 Å². The maximum Gasteiger partial charge on any atom is 0.281 e. The normalized spacial score (nSPS) is 22.3. The summed E-state index contributed by atoms with van der Waals surface area (Å²) < 4.78 is 26.1. The first-order chi connectivity index (χ1) is 8.30. The molecule has 0 aromatic heterocycles. The molecule has 9 heteroatoms. The molecule has 1 fully saturated rings. The first-order valence-electron chi connectivity index (χ1n) is 5.51. The van der Waals surface area contributed by atoms with Gasteiger partial charge >= 0.3 is 0 Å². The lowest BCUT2D eigenvalue weighted by atomic mass is 9.96. The van der Waals surface area contributed by atoms with Gasteiger partial charge in [0.15, 0.2) is 5.84 Å². The predicted octanol–water partition coefficient (Wildman–Crippen LogP) is -0.263. The molecule has 0 spiro atoms. The first kappa shape index (κ1) is 15.5. The largest absolute Gasteiger partial charge is 0.409 e. The molecule has 0 aliphatic carbocycles. The van der Waals surface area contributed by atoms with Crippen LogP contribution in [0, 0.1) is 0 Å². The second-order valence-corrected chi connectivity index (χ2v) is 7.70. The summed E-state index contributed by atoms with van der Waals surface area (Å²) in [5.74, 6) is 0.164. The van der Waals surface area contributed by atoms with E-state index >= 15 is 0 Å². The van der Waals surface area contributed by atoms with Crippen LogP contribution in [0.5, 0.6) is 0 Å². The Morgan fingerprint density at radius 1 is 1.44 bits per heavy atom. The Hall–Kier alpha value is -0.510. The quantitative estimate of drug-likeness (QED) is 0.322. The Kier molecular flexibility index (Phi) is 4.87. The zero-order chi connectivity index (χ0) is 14.0. The molecule has 0 bridgehead atoms. The molecule has 0 saturated carbocycles. The van der Waals surface area contributed by atoms with Gasteiger partial charge in [0, 0.05) is 27.2 Å². The minimum absolute atomic E-state index is 0.164. The lowest BCUT2D eigenvalue weighted by molar-refractivity contribution is 0.294. The summed E-state index contributed by atoms with van der Waals surface area (Å²) in [6, 6.07) is 0. The topological polar surface area (TPSA) is 99.2 Å². The number of thioether (sulfide) groups is 1. The van der Waals surface area contributed by atoms with E-state index in [2.05, 4.69) is 5.16 Å². The van der Waals surface area contributed by atoms with E-state index in [1.807, 2.05) is 6.26 Å². The first-order valence-corrected chi connectivity index (χ1v) is 8.13. The number of rotatable bonds is 4. The van der Waals surface area contributed by atoms with Crippen LogP contribution in [0.15, 0.2) is 5.16 Å². The van der Waals surface area contributed by atoms with E-state index < -0.39 is 15.0 Å². The number of nitrogens with zero attached hydrogens (tertiary/aromatic N) is 3. The number of amidine groups is 1. The van der Waals surface area contributed by atoms with Crippen LogP contribution >= 0.6 is 11.8 Å². The zero-order valence-electron chi connectivity index (χ0n) is 10.8. The maximum absolute atomic E-state index is 12.0. The van der Waals surface area contributed by atoms with E-state index in [9.17, 15) is 8.42 Å². The molecule has 1 rings (SSSR count). The van der Waals surface area contributed by atoms with Crippen LogP contribution in [-0.4, -0.2) is 66.3 Å². The van der Waals surface area contributed by atoms with Crippen LogP contribution in [0.2, 0.25) is 0 Å². The second-order valence-electron chi connectivity index (χ2n) is 4.37. The fourth-order valence-electron chi connectivity index (χ4n) is 1.97. The Morgan fingerprint density at radius 3 is 2.28 bits per heavy atom. The number of hydrogen-bond acceptors (Lipinski definition) is 5. The van der Waals surface area contributed by atoms with E-state index in [-0.39, 0.29) is 5.84 Å². The number of piperidine rings is 1. The summed E-state index contributed by atoms with van der Waals surface area (Å²) in [6.45, 7) is 0.745. The molecular weight excluding hydrogens is 276 g/mol. The van der Waals surface area contributed by atoms with Crippen molar-refractivity contribution in [2.24, 2.45) is 10.9 Å². The van der Waals surface area contributed by atoms with Gasteiger partial charge in [-0.05, 0) is 19.1 Å². The van der Waals surface area contributed by atoms with Gasteiger partial charge in [-0.3, -0.25) is 0 Å². The van der Waals surface area contributed by atoms with Crippen molar-refractivity contribution in [3.63, 3.8) is 0 Å². The molecule has 3 N–H and O–H groups in total. The molecule has 106 valence electrons. The smallest absolute Gasteiger partial charge is 0.281 e.